The minimum Gasteiger partial charge on any atom is -0.484 e. The van der Waals surface area contributed by atoms with Crippen molar-refractivity contribution in [3.63, 3.8) is 0 Å². The van der Waals surface area contributed by atoms with E-state index in [1.807, 2.05) is 12.1 Å². The quantitative estimate of drug-likeness (QED) is 0.234. The Labute approximate surface area is 222 Å². The first-order valence-corrected chi connectivity index (χ1v) is 12.1. The van der Waals surface area contributed by atoms with Crippen LogP contribution in [0.1, 0.15) is 12.6 Å². The molecule has 202 valence electrons. The van der Waals surface area contributed by atoms with Crippen LogP contribution >= 0.6 is 0 Å². The van der Waals surface area contributed by atoms with Crippen molar-refractivity contribution in [1.82, 2.24) is 19.5 Å². The van der Waals surface area contributed by atoms with Crippen molar-refractivity contribution in [2.24, 2.45) is 0 Å². The fourth-order valence-corrected chi connectivity index (χ4v) is 3.98. The van der Waals surface area contributed by atoms with Gasteiger partial charge in [0.05, 0.1) is 19.0 Å². The van der Waals surface area contributed by atoms with Crippen LogP contribution in [-0.2, 0) is 14.3 Å². The van der Waals surface area contributed by atoms with Crippen LogP contribution in [0.2, 0.25) is 0 Å². The van der Waals surface area contributed by atoms with Crippen LogP contribution in [0, 0.1) is 0 Å². The number of aliphatic hydroxyl groups excluding tert-OH is 2. The number of nitrogens with zero attached hydrogens (tertiary/aromatic N) is 4. The number of ether oxygens (including phenoxy) is 3. The van der Waals surface area contributed by atoms with Crippen molar-refractivity contribution < 1.29 is 34.0 Å². The van der Waals surface area contributed by atoms with Crippen LogP contribution in [0.15, 0.2) is 67.0 Å². The van der Waals surface area contributed by atoms with Gasteiger partial charge in [0.15, 0.2) is 30.2 Å². The summed E-state index contributed by atoms with van der Waals surface area (Å²) in [6, 6.07) is 17.7. The Morgan fingerprint density at radius 2 is 1.56 bits per heavy atom. The fraction of sp³-hybridized carbons (Fsp3) is 0.269. The fourth-order valence-electron chi connectivity index (χ4n) is 3.98. The van der Waals surface area contributed by atoms with Crippen molar-refractivity contribution in [2.45, 2.75) is 24.9 Å². The molecular weight excluding hydrogens is 508 g/mol. The second-order valence-electron chi connectivity index (χ2n) is 8.63. The van der Waals surface area contributed by atoms with Crippen LogP contribution in [0.25, 0.3) is 11.2 Å². The summed E-state index contributed by atoms with van der Waals surface area (Å²) >= 11 is 0. The Balaban J connectivity index is 1.37. The monoisotopic (exact) mass is 534 g/mol. The molecule has 1 aliphatic rings. The van der Waals surface area contributed by atoms with Gasteiger partial charge in [-0.05, 0) is 24.3 Å². The zero-order valence-electron chi connectivity index (χ0n) is 20.6. The zero-order chi connectivity index (χ0) is 27.2. The minimum atomic E-state index is -0.886. The highest BCUT2D eigenvalue weighted by molar-refractivity contribution is 5.99. The van der Waals surface area contributed by atoms with Crippen LogP contribution in [0.3, 0.4) is 0 Å². The van der Waals surface area contributed by atoms with Gasteiger partial charge in [-0.1, -0.05) is 36.4 Å². The molecule has 0 bridgehead atoms. The molecule has 13 heteroatoms. The van der Waals surface area contributed by atoms with E-state index in [1.165, 1.54) is 6.33 Å². The maximum Gasteiger partial charge on any atom is 0.264 e. The molecule has 1 saturated heterocycles. The van der Waals surface area contributed by atoms with E-state index in [9.17, 15) is 19.8 Å². The topological polar surface area (TPSA) is 170 Å². The summed E-state index contributed by atoms with van der Waals surface area (Å²) in [4.78, 5) is 38.3. The number of hydrogen-bond donors (Lipinski definition) is 4. The number of nitrogens with one attached hydrogen (secondary N) is 2. The normalized spacial score (nSPS) is 18.6. The molecule has 1 aliphatic heterocycles. The van der Waals surface area contributed by atoms with E-state index in [0.717, 1.165) is 0 Å². The molecule has 2 amide bonds. The van der Waals surface area contributed by atoms with Gasteiger partial charge in [-0.2, -0.15) is 9.97 Å². The summed E-state index contributed by atoms with van der Waals surface area (Å²) in [5.41, 5.74) is 0.464. The van der Waals surface area contributed by atoms with Gasteiger partial charge in [-0.15, -0.1) is 0 Å². The summed E-state index contributed by atoms with van der Waals surface area (Å²) < 4.78 is 18.3. The predicted molar refractivity (Wildman–Crippen MR) is 138 cm³/mol. The Hall–Kier alpha value is -4.59. The van der Waals surface area contributed by atoms with Gasteiger partial charge in [0.1, 0.15) is 23.8 Å². The maximum atomic E-state index is 12.7. The van der Waals surface area contributed by atoms with Crippen molar-refractivity contribution in [1.29, 1.82) is 0 Å². The van der Waals surface area contributed by atoms with Gasteiger partial charge in [0.25, 0.3) is 11.8 Å². The van der Waals surface area contributed by atoms with Crippen LogP contribution in [0.5, 0.6) is 11.5 Å². The highest BCUT2D eigenvalue weighted by atomic mass is 16.5. The first-order valence-electron chi connectivity index (χ1n) is 12.1. The number of carbonyl (C=O) groups excluding carboxylic acids is 2. The van der Waals surface area contributed by atoms with Crippen LogP contribution in [0.4, 0.5) is 11.8 Å². The summed E-state index contributed by atoms with van der Waals surface area (Å²) in [5, 5.41) is 24.9. The summed E-state index contributed by atoms with van der Waals surface area (Å²) in [6.45, 7) is -0.947. The van der Waals surface area contributed by atoms with Gasteiger partial charge in [-0.25, -0.2) is 4.98 Å². The number of aromatic nitrogens is 4. The Kier molecular flexibility index (Phi) is 7.91. The molecule has 2 aromatic carbocycles. The van der Waals surface area contributed by atoms with Gasteiger partial charge < -0.3 is 29.7 Å². The Morgan fingerprint density at radius 3 is 2.15 bits per heavy atom. The highest BCUT2D eigenvalue weighted by Gasteiger charge is 2.35. The Morgan fingerprint density at radius 1 is 0.949 bits per heavy atom. The molecule has 4 N–H and O–H groups in total. The van der Waals surface area contributed by atoms with Gasteiger partial charge in [-0.3, -0.25) is 19.5 Å². The van der Waals surface area contributed by atoms with E-state index < -0.39 is 30.3 Å². The van der Waals surface area contributed by atoms with E-state index in [4.69, 9.17) is 14.2 Å². The minimum absolute atomic E-state index is 0.0388. The third kappa shape index (κ3) is 6.29. The molecule has 3 atom stereocenters. The third-order valence-corrected chi connectivity index (χ3v) is 5.85. The van der Waals surface area contributed by atoms with Gasteiger partial charge >= 0.3 is 0 Å². The second-order valence-corrected chi connectivity index (χ2v) is 8.63. The van der Waals surface area contributed by atoms with Crippen LogP contribution < -0.4 is 20.1 Å². The first-order chi connectivity index (χ1) is 19.0. The number of imidazole rings is 1. The maximum absolute atomic E-state index is 12.7. The molecule has 3 heterocycles. The van der Waals surface area contributed by atoms with E-state index in [-0.39, 0.29) is 49.2 Å². The summed E-state index contributed by atoms with van der Waals surface area (Å²) in [5.74, 6) is -0.0671. The van der Waals surface area contributed by atoms with Crippen molar-refractivity contribution in [3.05, 3.63) is 67.0 Å². The van der Waals surface area contributed by atoms with Crippen LogP contribution in [-0.4, -0.2) is 73.6 Å². The second kappa shape index (κ2) is 11.9. The standard InChI is InChI=1S/C26H26N6O7/c33-12-19-18(34)11-22(39-19)32-15-27-23-24(28-20(35)13-37-16-7-3-1-4-8-16)30-26(31-25(23)32)29-21(36)14-38-17-9-5-2-6-10-17/h1-10,15,18-19,22,33-34H,11-14H2,(H2,28,29,30,31,35,36)/t18-,19+,22+/m0/s1. The lowest BCUT2D eigenvalue weighted by Gasteiger charge is -2.14. The molecule has 0 saturated carbocycles. The number of rotatable bonds is 10. The van der Waals surface area contributed by atoms with Crippen molar-refractivity contribution >= 4 is 34.7 Å². The number of amides is 2. The third-order valence-electron chi connectivity index (χ3n) is 5.85. The molecule has 13 nitrogen and oxygen atoms in total. The molecule has 2 aromatic heterocycles. The first kappa shape index (κ1) is 26.0. The molecular formula is C26H26N6O7. The van der Waals surface area contributed by atoms with Gasteiger partial charge in [0.2, 0.25) is 5.95 Å². The zero-order valence-corrected chi connectivity index (χ0v) is 20.6. The lowest BCUT2D eigenvalue weighted by atomic mass is 10.2. The molecule has 1 fully saturated rings. The number of para-hydroxylation sites is 2. The van der Waals surface area contributed by atoms with E-state index in [1.54, 1.807) is 53.1 Å². The average molecular weight is 535 g/mol. The van der Waals surface area contributed by atoms with E-state index >= 15 is 0 Å². The van der Waals surface area contributed by atoms with Gasteiger partial charge in [0, 0.05) is 6.42 Å². The number of carbonyl (C=O) groups is 2. The number of aliphatic hydroxyl groups is 2. The molecule has 0 unspecified atom stereocenters. The summed E-state index contributed by atoms with van der Waals surface area (Å²) in [6.07, 6.45) is -0.732. The Bertz CT molecular complexity index is 1430. The smallest absolute Gasteiger partial charge is 0.264 e. The molecule has 0 spiro atoms. The lowest BCUT2D eigenvalue weighted by molar-refractivity contribution is -0.118. The number of fused-ring (bicyclic) bond motifs is 1. The average Bonchev–Trinajstić information content (AvgIpc) is 3.55. The van der Waals surface area contributed by atoms with E-state index in [0.29, 0.717) is 11.5 Å². The molecule has 4 aromatic rings. The molecule has 5 rings (SSSR count). The predicted octanol–water partition coefficient (Wildman–Crippen LogP) is 1.50. The molecule has 0 aliphatic carbocycles. The van der Waals surface area contributed by atoms with E-state index in [2.05, 4.69) is 25.6 Å². The molecule has 0 radical (unpaired) electrons. The lowest BCUT2D eigenvalue weighted by Crippen LogP contribution is -2.24. The SMILES string of the molecule is O=C(COc1ccccc1)Nc1nc(NC(=O)COc2ccccc2)c2ncn([C@H]3C[C@H](O)[C@@H](CO)O3)c2n1. The number of benzene rings is 2. The largest absolute Gasteiger partial charge is 0.484 e. The molecule has 39 heavy (non-hydrogen) atoms. The number of anilines is 2. The highest BCUT2D eigenvalue weighted by Crippen LogP contribution is 2.32. The van der Waals surface area contributed by atoms with Crippen molar-refractivity contribution in [3.8, 4) is 11.5 Å². The summed E-state index contributed by atoms with van der Waals surface area (Å²) in [7, 11) is 0. The van der Waals surface area contributed by atoms with Crippen molar-refractivity contribution in [2.75, 3.05) is 30.5 Å². The number of hydrogen-bond acceptors (Lipinski definition) is 10.